The number of ether oxygens (including phenoxy) is 1. The van der Waals surface area contributed by atoms with E-state index in [4.69, 9.17) is 4.74 Å². The Bertz CT molecular complexity index is 672. The molecule has 0 saturated carbocycles. The van der Waals surface area contributed by atoms with Crippen molar-refractivity contribution in [2.45, 2.75) is 25.8 Å². The summed E-state index contributed by atoms with van der Waals surface area (Å²) in [5.74, 6) is 1.41. The maximum atomic E-state index is 12.2. The molecule has 1 aliphatic heterocycles. The van der Waals surface area contributed by atoms with Crippen molar-refractivity contribution in [1.29, 1.82) is 0 Å². The van der Waals surface area contributed by atoms with Crippen LogP contribution >= 0.6 is 0 Å². The highest BCUT2D eigenvalue weighted by Crippen LogP contribution is 2.18. The molecule has 0 aliphatic carbocycles. The Balaban J connectivity index is 1.41. The summed E-state index contributed by atoms with van der Waals surface area (Å²) in [4.78, 5) is 22.2. The third kappa shape index (κ3) is 4.82. The zero-order valence-electron chi connectivity index (χ0n) is 14.3. The van der Waals surface area contributed by atoms with Crippen molar-refractivity contribution in [1.82, 2.24) is 14.9 Å². The number of nitrogens with one attached hydrogen (secondary N) is 2. The molecule has 2 N–H and O–H groups in total. The van der Waals surface area contributed by atoms with Crippen LogP contribution in [0.1, 0.15) is 19.8 Å². The van der Waals surface area contributed by atoms with Crippen molar-refractivity contribution >= 4 is 17.7 Å². The molecule has 3 rings (SSSR count). The van der Waals surface area contributed by atoms with E-state index in [1.807, 2.05) is 24.3 Å². The van der Waals surface area contributed by atoms with Gasteiger partial charge < -0.3 is 20.3 Å². The van der Waals surface area contributed by atoms with Gasteiger partial charge in [-0.25, -0.2) is 14.8 Å². The Hall–Kier alpha value is -2.83. The van der Waals surface area contributed by atoms with Gasteiger partial charge in [0, 0.05) is 31.2 Å². The third-order valence-electron chi connectivity index (χ3n) is 3.94. The van der Waals surface area contributed by atoms with Gasteiger partial charge in [0.1, 0.15) is 5.75 Å². The number of anilines is 2. The highest BCUT2D eigenvalue weighted by molar-refractivity contribution is 5.90. The third-order valence-corrected chi connectivity index (χ3v) is 3.94. The van der Waals surface area contributed by atoms with Crippen molar-refractivity contribution in [3.63, 3.8) is 0 Å². The van der Waals surface area contributed by atoms with E-state index in [1.165, 1.54) is 0 Å². The second-order valence-electron chi connectivity index (χ2n) is 5.98. The lowest BCUT2D eigenvalue weighted by Gasteiger charge is -2.39. The van der Waals surface area contributed by atoms with Gasteiger partial charge in [0.15, 0.2) is 0 Å². The van der Waals surface area contributed by atoms with Crippen LogP contribution in [-0.4, -0.2) is 46.6 Å². The van der Waals surface area contributed by atoms with E-state index in [-0.39, 0.29) is 12.1 Å². The minimum Gasteiger partial charge on any atom is -0.494 e. The Kier molecular flexibility index (Phi) is 5.66. The monoisotopic (exact) mass is 341 g/mol. The molecule has 1 aliphatic rings. The highest BCUT2D eigenvalue weighted by atomic mass is 16.5. The molecule has 1 fully saturated rings. The van der Waals surface area contributed by atoms with Crippen LogP contribution in [0.3, 0.4) is 0 Å². The largest absolute Gasteiger partial charge is 0.494 e. The lowest BCUT2D eigenvalue weighted by atomic mass is 10.1. The Labute approximate surface area is 147 Å². The van der Waals surface area contributed by atoms with E-state index in [2.05, 4.69) is 27.5 Å². The number of hydrogen-bond acceptors (Lipinski definition) is 5. The van der Waals surface area contributed by atoms with Gasteiger partial charge in [-0.1, -0.05) is 13.3 Å². The summed E-state index contributed by atoms with van der Waals surface area (Å²) in [6.45, 7) is 4.10. The Morgan fingerprint density at radius 3 is 2.64 bits per heavy atom. The number of rotatable bonds is 7. The molecule has 2 aromatic rings. The molecule has 25 heavy (non-hydrogen) atoms. The molecule has 1 aromatic heterocycles. The van der Waals surface area contributed by atoms with Gasteiger partial charge in [0.25, 0.3) is 0 Å². The second kappa shape index (κ2) is 8.32. The average Bonchev–Trinajstić information content (AvgIpc) is 2.60. The molecule has 1 aromatic carbocycles. The fraction of sp³-hybridized carbons (Fsp3) is 0.389. The summed E-state index contributed by atoms with van der Waals surface area (Å²) in [5, 5.41) is 6.09. The highest BCUT2D eigenvalue weighted by Gasteiger charge is 2.31. The molecule has 2 heterocycles. The quantitative estimate of drug-likeness (QED) is 0.757. The topological polar surface area (TPSA) is 79.4 Å². The number of unbranched alkanes of at least 4 members (excludes halogenated alkanes) is 1. The molecule has 132 valence electrons. The van der Waals surface area contributed by atoms with E-state index in [9.17, 15) is 4.79 Å². The number of carbonyl (C=O) groups excluding carboxylic acids is 1. The summed E-state index contributed by atoms with van der Waals surface area (Å²) in [6.07, 6.45) is 5.52. The molecule has 0 spiro atoms. The standard InChI is InChI=1S/C18H23N5O2/c1-2-3-11-25-16-7-5-14(6-8-16)22-18(24)23-12-15(13-23)21-17-19-9-4-10-20-17/h4-10,15H,2-3,11-13H2,1H3,(H,22,24)(H,19,20,21). The minimum absolute atomic E-state index is 0.105. The number of likely N-dealkylation sites (tertiary alicyclic amines) is 1. The van der Waals surface area contributed by atoms with Crippen LogP contribution in [0.5, 0.6) is 5.75 Å². The molecule has 0 bridgehead atoms. The van der Waals surface area contributed by atoms with Crippen LogP contribution in [0.15, 0.2) is 42.7 Å². The minimum atomic E-state index is -0.105. The molecular formula is C18H23N5O2. The second-order valence-corrected chi connectivity index (χ2v) is 5.98. The predicted molar refractivity (Wildman–Crippen MR) is 96.9 cm³/mol. The zero-order valence-corrected chi connectivity index (χ0v) is 14.3. The van der Waals surface area contributed by atoms with Crippen LogP contribution in [-0.2, 0) is 0 Å². The number of aromatic nitrogens is 2. The van der Waals surface area contributed by atoms with Crippen LogP contribution in [0, 0.1) is 0 Å². The number of carbonyl (C=O) groups is 1. The Morgan fingerprint density at radius 2 is 1.96 bits per heavy atom. The van der Waals surface area contributed by atoms with E-state index >= 15 is 0 Å². The predicted octanol–water partition coefficient (Wildman–Crippen LogP) is 2.98. The number of urea groups is 1. The van der Waals surface area contributed by atoms with Gasteiger partial charge in [-0.15, -0.1) is 0 Å². The van der Waals surface area contributed by atoms with E-state index in [0.717, 1.165) is 30.9 Å². The van der Waals surface area contributed by atoms with Crippen molar-refractivity contribution in [2.24, 2.45) is 0 Å². The molecule has 7 heteroatoms. The van der Waals surface area contributed by atoms with Crippen molar-refractivity contribution in [3.8, 4) is 5.75 Å². The maximum absolute atomic E-state index is 12.2. The molecule has 7 nitrogen and oxygen atoms in total. The van der Waals surface area contributed by atoms with Crippen molar-refractivity contribution in [3.05, 3.63) is 42.7 Å². The first-order valence-electron chi connectivity index (χ1n) is 8.57. The van der Waals surface area contributed by atoms with Gasteiger partial charge >= 0.3 is 6.03 Å². The SMILES string of the molecule is CCCCOc1ccc(NC(=O)N2CC(Nc3ncccn3)C2)cc1. The molecule has 1 saturated heterocycles. The van der Waals surface area contributed by atoms with E-state index < -0.39 is 0 Å². The molecule has 0 unspecified atom stereocenters. The summed E-state index contributed by atoms with van der Waals surface area (Å²) >= 11 is 0. The van der Waals surface area contributed by atoms with Gasteiger partial charge in [-0.05, 0) is 36.8 Å². The van der Waals surface area contributed by atoms with Gasteiger partial charge in [-0.2, -0.15) is 0 Å². The van der Waals surface area contributed by atoms with Crippen LogP contribution < -0.4 is 15.4 Å². The summed E-state index contributed by atoms with van der Waals surface area (Å²) in [7, 11) is 0. The molecule has 2 amide bonds. The van der Waals surface area contributed by atoms with Crippen molar-refractivity contribution < 1.29 is 9.53 Å². The van der Waals surface area contributed by atoms with Gasteiger partial charge in [0.2, 0.25) is 5.95 Å². The summed E-state index contributed by atoms with van der Waals surface area (Å²) < 4.78 is 5.61. The molecule has 0 radical (unpaired) electrons. The Morgan fingerprint density at radius 1 is 1.24 bits per heavy atom. The number of nitrogens with zero attached hydrogens (tertiary/aromatic N) is 3. The first-order chi connectivity index (χ1) is 12.2. The van der Waals surface area contributed by atoms with Crippen molar-refractivity contribution in [2.75, 3.05) is 30.3 Å². The number of benzene rings is 1. The van der Waals surface area contributed by atoms with E-state index in [0.29, 0.717) is 19.0 Å². The fourth-order valence-electron chi connectivity index (χ4n) is 2.46. The van der Waals surface area contributed by atoms with Crippen LogP contribution in [0.4, 0.5) is 16.4 Å². The fourth-order valence-corrected chi connectivity index (χ4v) is 2.46. The molecule has 0 atom stereocenters. The van der Waals surface area contributed by atoms with Gasteiger partial charge in [0.05, 0.1) is 12.6 Å². The summed E-state index contributed by atoms with van der Waals surface area (Å²) in [6, 6.07) is 9.30. The normalized spacial score (nSPS) is 13.9. The molecular weight excluding hydrogens is 318 g/mol. The number of hydrogen-bond donors (Lipinski definition) is 2. The lowest BCUT2D eigenvalue weighted by Crippen LogP contribution is -2.58. The maximum Gasteiger partial charge on any atom is 0.321 e. The van der Waals surface area contributed by atoms with Crippen LogP contribution in [0.25, 0.3) is 0 Å². The number of amides is 2. The van der Waals surface area contributed by atoms with E-state index in [1.54, 1.807) is 23.4 Å². The average molecular weight is 341 g/mol. The lowest BCUT2D eigenvalue weighted by molar-refractivity contribution is 0.171. The first-order valence-corrected chi connectivity index (χ1v) is 8.57. The zero-order chi connectivity index (χ0) is 17.5. The first kappa shape index (κ1) is 17.0. The van der Waals surface area contributed by atoms with Gasteiger partial charge in [-0.3, -0.25) is 0 Å². The summed E-state index contributed by atoms with van der Waals surface area (Å²) in [5.41, 5.74) is 0.760. The smallest absolute Gasteiger partial charge is 0.321 e. The van der Waals surface area contributed by atoms with Crippen LogP contribution in [0.2, 0.25) is 0 Å².